The lowest BCUT2D eigenvalue weighted by Crippen LogP contribution is -2.12. The Bertz CT molecular complexity index is 526. The van der Waals surface area contributed by atoms with Crippen molar-refractivity contribution in [3.05, 3.63) is 23.8 Å². The lowest BCUT2D eigenvalue weighted by Gasteiger charge is -2.13. The van der Waals surface area contributed by atoms with Crippen molar-refractivity contribution in [1.29, 1.82) is 0 Å². The van der Waals surface area contributed by atoms with Gasteiger partial charge in [-0.1, -0.05) is 13.0 Å². The molecule has 0 aliphatic heterocycles. The van der Waals surface area contributed by atoms with E-state index in [9.17, 15) is 8.42 Å². The fourth-order valence-electron chi connectivity index (χ4n) is 1.69. The van der Waals surface area contributed by atoms with Gasteiger partial charge in [0, 0.05) is 11.8 Å². The second-order valence-corrected chi connectivity index (χ2v) is 7.11. The predicted octanol–water partition coefficient (Wildman–Crippen LogP) is 1.92. The molecular formula is C14H23NO4S. The van der Waals surface area contributed by atoms with Crippen LogP contribution in [0.1, 0.15) is 31.9 Å². The van der Waals surface area contributed by atoms with Crippen molar-refractivity contribution < 1.29 is 17.9 Å². The third kappa shape index (κ3) is 5.02. The van der Waals surface area contributed by atoms with E-state index >= 15 is 0 Å². The van der Waals surface area contributed by atoms with Crippen LogP contribution in [0.4, 0.5) is 0 Å². The Balaban J connectivity index is 2.60. The van der Waals surface area contributed by atoms with Gasteiger partial charge in [0.05, 0.1) is 19.5 Å². The maximum Gasteiger partial charge on any atom is 0.161 e. The minimum Gasteiger partial charge on any atom is -0.493 e. The fraction of sp³-hybridized carbons (Fsp3) is 0.571. The van der Waals surface area contributed by atoms with E-state index in [0.717, 1.165) is 5.56 Å². The van der Waals surface area contributed by atoms with Crippen LogP contribution < -0.4 is 15.2 Å². The molecule has 1 aromatic rings. The normalized spacial score (nSPS) is 13.0. The highest BCUT2D eigenvalue weighted by Gasteiger charge is 2.10. The van der Waals surface area contributed by atoms with E-state index in [4.69, 9.17) is 15.2 Å². The molecule has 1 atom stereocenters. The molecule has 0 aromatic heterocycles. The Morgan fingerprint density at radius 1 is 1.30 bits per heavy atom. The molecule has 1 rings (SSSR count). The molecule has 0 radical (unpaired) electrons. The van der Waals surface area contributed by atoms with E-state index in [2.05, 4.69) is 0 Å². The van der Waals surface area contributed by atoms with Crippen LogP contribution in [0.25, 0.3) is 0 Å². The molecule has 0 saturated carbocycles. The van der Waals surface area contributed by atoms with E-state index < -0.39 is 9.84 Å². The molecule has 0 saturated heterocycles. The molecule has 6 heteroatoms. The van der Waals surface area contributed by atoms with Gasteiger partial charge in [-0.2, -0.15) is 0 Å². The number of benzene rings is 1. The van der Waals surface area contributed by atoms with E-state index in [0.29, 0.717) is 24.5 Å². The summed E-state index contributed by atoms with van der Waals surface area (Å²) in [6.07, 6.45) is 0.467. The van der Waals surface area contributed by atoms with Gasteiger partial charge in [-0.3, -0.25) is 0 Å². The van der Waals surface area contributed by atoms with Gasteiger partial charge in [0.15, 0.2) is 11.5 Å². The number of rotatable bonds is 8. The van der Waals surface area contributed by atoms with E-state index in [1.165, 1.54) is 0 Å². The summed E-state index contributed by atoms with van der Waals surface area (Å²) in [7, 11) is -1.37. The van der Waals surface area contributed by atoms with Crippen LogP contribution in [0.2, 0.25) is 0 Å². The van der Waals surface area contributed by atoms with Crippen LogP contribution in [0, 0.1) is 0 Å². The topological polar surface area (TPSA) is 78.6 Å². The Morgan fingerprint density at radius 3 is 2.55 bits per heavy atom. The molecule has 0 aliphatic rings. The zero-order valence-electron chi connectivity index (χ0n) is 12.3. The van der Waals surface area contributed by atoms with Crippen molar-refractivity contribution in [3.63, 3.8) is 0 Å². The minimum atomic E-state index is -2.94. The smallest absolute Gasteiger partial charge is 0.161 e. The lowest BCUT2D eigenvalue weighted by atomic mass is 10.1. The molecule has 0 spiro atoms. The van der Waals surface area contributed by atoms with Crippen molar-refractivity contribution in [2.75, 3.05) is 25.2 Å². The number of hydrogen-bond donors (Lipinski definition) is 1. The number of sulfone groups is 1. The fourth-order valence-corrected chi connectivity index (χ4v) is 2.54. The highest BCUT2D eigenvalue weighted by molar-refractivity contribution is 7.91. The van der Waals surface area contributed by atoms with Crippen LogP contribution in [0.15, 0.2) is 18.2 Å². The lowest BCUT2D eigenvalue weighted by molar-refractivity contribution is 0.294. The minimum absolute atomic E-state index is 0.0763. The Morgan fingerprint density at radius 2 is 2.00 bits per heavy atom. The summed E-state index contributed by atoms with van der Waals surface area (Å²) < 4.78 is 33.5. The van der Waals surface area contributed by atoms with Crippen molar-refractivity contribution in [3.8, 4) is 11.5 Å². The maximum atomic E-state index is 11.4. The predicted molar refractivity (Wildman–Crippen MR) is 80.0 cm³/mol. The molecule has 0 aliphatic carbocycles. The maximum absolute atomic E-state index is 11.4. The highest BCUT2D eigenvalue weighted by Crippen LogP contribution is 2.29. The summed E-state index contributed by atoms with van der Waals surface area (Å²) in [5.74, 6) is 1.52. The summed E-state index contributed by atoms with van der Waals surface area (Å²) in [6.45, 7) is 3.88. The third-order valence-corrected chi connectivity index (χ3v) is 4.80. The number of nitrogens with two attached hydrogens (primary N) is 1. The molecule has 1 aromatic carbocycles. The van der Waals surface area contributed by atoms with Gasteiger partial charge in [0.2, 0.25) is 0 Å². The number of hydrogen-bond acceptors (Lipinski definition) is 5. The summed E-state index contributed by atoms with van der Waals surface area (Å²) in [6, 6.07) is 5.44. The van der Waals surface area contributed by atoms with Crippen LogP contribution in [0.3, 0.4) is 0 Å². The molecular weight excluding hydrogens is 278 g/mol. The second kappa shape index (κ2) is 7.50. The summed E-state index contributed by atoms with van der Waals surface area (Å²) in [5, 5.41) is 0. The average molecular weight is 301 g/mol. The van der Waals surface area contributed by atoms with Gasteiger partial charge in [-0.15, -0.1) is 0 Å². The standard InChI is InChI=1S/C14H23NO4S/c1-4-20(16,17)9-5-8-19-13-7-6-12(11(2)15)10-14(13)18-3/h6-7,10-11H,4-5,8-9,15H2,1-3H3/t11-/m1/s1. The molecule has 0 fully saturated rings. The van der Waals surface area contributed by atoms with Crippen LogP contribution in [0.5, 0.6) is 11.5 Å². The van der Waals surface area contributed by atoms with Crippen molar-refractivity contribution in [2.45, 2.75) is 26.3 Å². The molecule has 0 heterocycles. The van der Waals surface area contributed by atoms with Crippen LogP contribution in [-0.4, -0.2) is 33.6 Å². The van der Waals surface area contributed by atoms with Gasteiger partial charge in [0.25, 0.3) is 0 Å². The summed E-state index contributed by atoms with van der Waals surface area (Å²) >= 11 is 0. The van der Waals surface area contributed by atoms with Crippen molar-refractivity contribution >= 4 is 9.84 Å². The number of methoxy groups -OCH3 is 1. The SMILES string of the molecule is CCS(=O)(=O)CCCOc1ccc([C@@H](C)N)cc1OC. The zero-order valence-corrected chi connectivity index (χ0v) is 13.1. The number of ether oxygens (including phenoxy) is 2. The Labute approximate surface area is 121 Å². The Hall–Kier alpha value is -1.27. The quantitative estimate of drug-likeness (QED) is 0.742. The zero-order chi connectivity index (χ0) is 15.2. The summed E-state index contributed by atoms with van der Waals surface area (Å²) in [5.41, 5.74) is 6.77. The second-order valence-electron chi connectivity index (χ2n) is 4.64. The van der Waals surface area contributed by atoms with E-state index in [1.807, 2.05) is 19.1 Å². The highest BCUT2D eigenvalue weighted by atomic mass is 32.2. The van der Waals surface area contributed by atoms with Gasteiger partial charge >= 0.3 is 0 Å². The van der Waals surface area contributed by atoms with Gasteiger partial charge in [-0.05, 0) is 31.0 Å². The molecule has 20 heavy (non-hydrogen) atoms. The largest absolute Gasteiger partial charge is 0.493 e. The monoisotopic (exact) mass is 301 g/mol. The first-order valence-corrected chi connectivity index (χ1v) is 8.48. The van der Waals surface area contributed by atoms with Crippen LogP contribution >= 0.6 is 0 Å². The van der Waals surface area contributed by atoms with Gasteiger partial charge in [-0.25, -0.2) is 8.42 Å². The molecule has 0 bridgehead atoms. The third-order valence-electron chi connectivity index (χ3n) is 3.01. The molecule has 114 valence electrons. The van der Waals surface area contributed by atoms with Gasteiger partial charge < -0.3 is 15.2 Å². The first-order valence-electron chi connectivity index (χ1n) is 6.66. The van der Waals surface area contributed by atoms with E-state index in [-0.39, 0.29) is 17.5 Å². The first-order chi connectivity index (χ1) is 9.39. The average Bonchev–Trinajstić information content (AvgIpc) is 2.43. The molecule has 0 amide bonds. The van der Waals surface area contributed by atoms with Gasteiger partial charge in [0.1, 0.15) is 9.84 Å². The summed E-state index contributed by atoms with van der Waals surface area (Å²) in [4.78, 5) is 0. The molecule has 0 unspecified atom stereocenters. The van der Waals surface area contributed by atoms with Crippen molar-refractivity contribution in [1.82, 2.24) is 0 Å². The molecule has 5 nitrogen and oxygen atoms in total. The molecule has 2 N–H and O–H groups in total. The Kier molecular flexibility index (Phi) is 6.29. The first kappa shape index (κ1) is 16.8. The van der Waals surface area contributed by atoms with Crippen molar-refractivity contribution in [2.24, 2.45) is 5.73 Å². The van der Waals surface area contributed by atoms with Crippen LogP contribution in [-0.2, 0) is 9.84 Å². The van der Waals surface area contributed by atoms with E-state index in [1.54, 1.807) is 20.1 Å².